The maximum atomic E-state index is 12.2. The Labute approximate surface area is 155 Å². The molecule has 1 heterocycles. The molecule has 9 heteroatoms. The Balaban J connectivity index is 1.88. The zero-order valence-corrected chi connectivity index (χ0v) is 16.4. The van der Waals surface area contributed by atoms with Crippen molar-refractivity contribution in [1.29, 1.82) is 0 Å². The lowest BCUT2D eigenvalue weighted by Gasteiger charge is -2.39. The number of nitrogens with one attached hydrogen (secondary N) is 2. The minimum Gasteiger partial charge on any atom is -0.336 e. The number of benzene rings is 1. The summed E-state index contributed by atoms with van der Waals surface area (Å²) < 4.78 is 22.5. The van der Waals surface area contributed by atoms with E-state index in [4.69, 9.17) is 5.14 Å². The fourth-order valence-electron chi connectivity index (χ4n) is 3.04. The van der Waals surface area contributed by atoms with E-state index in [1.165, 1.54) is 24.3 Å². The molecule has 1 aromatic carbocycles. The van der Waals surface area contributed by atoms with Gasteiger partial charge in [0.25, 0.3) is 0 Å². The van der Waals surface area contributed by atoms with Gasteiger partial charge >= 0.3 is 6.03 Å². The Morgan fingerprint density at radius 2 is 1.73 bits per heavy atom. The van der Waals surface area contributed by atoms with E-state index in [-0.39, 0.29) is 17.0 Å². The van der Waals surface area contributed by atoms with E-state index in [9.17, 15) is 13.2 Å². The van der Waals surface area contributed by atoms with Crippen LogP contribution in [0.5, 0.6) is 0 Å². The molecule has 1 aromatic rings. The van der Waals surface area contributed by atoms with E-state index in [2.05, 4.69) is 41.3 Å². The summed E-state index contributed by atoms with van der Waals surface area (Å²) >= 11 is 0. The molecule has 0 aliphatic carbocycles. The van der Waals surface area contributed by atoms with Crippen LogP contribution in [0.1, 0.15) is 13.8 Å². The van der Waals surface area contributed by atoms with Crippen LogP contribution >= 0.6 is 0 Å². The molecule has 0 bridgehead atoms. The molecule has 0 saturated carbocycles. The highest BCUT2D eigenvalue weighted by Gasteiger charge is 2.25. The molecule has 0 unspecified atom stereocenters. The van der Waals surface area contributed by atoms with E-state index < -0.39 is 10.0 Å². The number of urea groups is 1. The summed E-state index contributed by atoms with van der Waals surface area (Å²) in [5.74, 6) is 0.424. The molecular weight excluding hydrogens is 354 g/mol. The second-order valence-corrected chi connectivity index (χ2v) is 8.62. The number of hydrogen-bond donors (Lipinski definition) is 3. The third kappa shape index (κ3) is 5.94. The van der Waals surface area contributed by atoms with Crippen molar-refractivity contribution in [2.75, 3.05) is 45.1 Å². The van der Waals surface area contributed by atoms with Gasteiger partial charge in [-0.15, -0.1) is 0 Å². The molecule has 2 amide bonds. The summed E-state index contributed by atoms with van der Waals surface area (Å²) in [5.41, 5.74) is 0.510. The lowest BCUT2D eigenvalue weighted by Crippen LogP contribution is -2.54. The topological polar surface area (TPSA) is 108 Å². The van der Waals surface area contributed by atoms with Crippen molar-refractivity contribution in [3.05, 3.63) is 24.3 Å². The van der Waals surface area contributed by atoms with Gasteiger partial charge in [0, 0.05) is 44.5 Å². The van der Waals surface area contributed by atoms with Crippen LogP contribution in [0.3, 0.4) is 0 Å². The fourth-order valence-corrected chi connectivity index (χ4v) is 3.56. The zero-order valence-electron chi connectivity index (χ0n) is 15.6. The van der Waals surface area contributed by atoms with Gasteiger partial charge in [0.2, 0.25) is 10.0 Å². The molecule has 8 nitrogen and oxygen atoms in total. The smallest absolute Gasteiger partial charge is 0.319 e. The number of anilines is 1. The number of carbonyl (C=O) groups excluding carboxylic acids is 1. The minimum atomic E-state index is -3.73. The molecule has 146 valence electrons. The van der Waals surface area contributed by atoms with Crippen molar-refractivity contribution in [2.45, 2.75) is 24.8 Å². The van der Waals surface area contributed by atoms with Crippen molar-refractivity contribution in [3.63, 3.8) is 0 Å². The number of nitrogens with two attached hydrogens (primary N) is 1. The Kier molecular flexibility index (Phi) is 6.99. The van der Waals surface area contributed by atoms with Crippen LogP contribution in [0.15, 0.2) is 29.2 Å². The number of carbonyl (C=O) groups is 1. The third-order valence-corrected chi connectivity index (χ3v) is 5.62. The number of nitrogens with zero attached hydrogens (tertiary/aromatic N) is 2. The molecule has 1 fully saturated rings. The third-order valence-electron chi connectivity index (χ3n) is 4.69. The average Bonchev–Trinajstić information content (AvgIpc) is 2.56. The second-order valence-electron chi connectivity index (χ2n) is 7.06. The van der Waals surface area contributed by atoms with Crippen LogP contribution in [0.4, 0.5) is 10.5 Å². The molecule has 1 atom stereocenters. The summed E-state index contributed by atoms with van der Waals surface area (Å²) in [4.78, 5) is 16.9. The van der Waals surface area contributed by atoms with Crippen molar-refractivity contribution < 1.29 is 13.2 Å². The van der Waals surface area contributed by atoms with Gasteiger partial charge in [-0.25, -0.2) is 18.4 Å². The molecule has 26 heavy (non-hydrogen) atoms. The minimum absolute atomic E-state index is 0.0124. The fraction of sp³-hybridized carbons (Fsp3) is 0.588. The average molecular weight is 384 g/mol. The van der Waals surface area contributed by atoms with Crippen molar-refractivity contribution >= 4 is 21.7 Å². The van der Waals surface area contributed by atoms with Gasteiger partial charge < -0.3 is 15.5 Å². The predicted molar refractivity (Wildman–Crippen MR) is 103 cm³/mol. The molecule has 0 aromatic heterocycles. The highest BCUT2D eigenvalue weighted by Crippen LogP contribution is 2.14. The SMILES string of the molecule is CC(C)[C@H](CNC(=O)Nc1ccc(S(N)(=O)=O)cc1)N1CCN(C)CC1. The van der Waals surface area contributed by atoms with Gasteiger partial charge in [0.05, 0.1) is 4.90 Å². The van der Waals surface area contributed by atoms with E-state index in [1.807, 2.05) is 0 Å². The Bertz CT molecular complexity index is 698. The number of rotatable bonds is 6. The van der Waals surface area contributed by atoms with Gasteiger partial charge in [-0.05, 0) is 37.2 Å². The molecule has 0 radical (unpaired) electrons. The second kappa shape index (κ2) is 8.81. The van der Waals surface area contributed by atoms with Gasteiger partial charge in [0.1, 0.15) is 0 Å². The van der Waals surface area contributed by atoms with E-state index in [1.54, 1.807) is 0 Å². The van der Waals surface area contributed by atoms with E-state index in [0.717, 1.165) is 26.2 Å². The monoisotopic (exact) mass is 383 g/mol. The van der Waals surface area contributed by atoms with Crippen molar-refractivity contribution in [3.8, 4) is 0 Å². The summed E-state index contributed by atoms with van der Waals surface area (Å²) in [6.45, 7) is 8.94. The highest BCUT2D eigenvalue weighted by atomic mass is 32.2. The largest absolute Gasteiger partial charge is 0.336 e. The van der Waals surface area contributed by atoms with Crippen LogP contribution in [0.2, 0.25) is 0 Å². The number of hydrogen-bond acceptors (Lipinski definition) is 5. The first-order chi connectivity index (χ1) is 12.2. The molecule has 1 saturated heterocycles. The first-order valence-electron chi connectivity index (χ1n) is 8.77. The highest BCUT2D eigenvalue weighted by molar-refractivity contribution is 7.89. The quantitative estimate of drug-likeness (QED) is 0.671. The number of likely N-dealkylation sites (N-methyl/N-ethyl adjacent to an activating group) is 1. The maximum absolute atomic E-state index is 12.2. The lowest BCUT2D eigenvalue weighted by molar-refractivity contribution is 0.0890. The van der Waals surface area contributed by atoms with Crippen LogP contribution < -0.4 is 15.8 Å². The van der Waals surface area contributed by atoms with Crippen molar-refractivity contribution in [1.82, 2.24) is 15.1 Å². The van der Waals surface area contributed by atoms with E-state index in [0.29, 0.717) is 18.2 Å². The van der Waals surface area contributed by atoms with Crippen LogP contribution in [-0.2, 0) is 10.0 Å². The standard InChI is InChI=1S/C17H29N5O3S/c1-13(2)16(22-10-8-21(3)9-11-22)12-19-17(23)20-14-4-6-15(7-5-14)26(18,24)25/h4-7,13,16H,8-12H2,1-3H3,(H2,18,24,25)(H2,19,20,23)/t16-/m0/s1. The van der Waals surface area contributed by atoms with Gasteiger partial charge in [-0.3, -0.25) is 4.90 Å². The Morgan fingerprint density at radius 1 is 1.15 bits per heavy atom. The summed E-state index contributed by atoms with van der Waals surface area (Å²) in [6.07, 6.45) is 0. The molecule has 4 N–H and O–H groups in total. The number of amides is 2. The molecule has 0 spiro atoms. The Hall–Kier alpha value is -1.68. The summed E-state index contributed by atoms with van der Waals surface area (Å²) in [6, 6.07) is 5.73. The van der Waals surface area contributed by atoms with Gasteiger partial charge in [0.15, 0.2) is 0 Å². The van der Waals surface area contributed by atoms with Crippen LogP contribution in [0.25, 0.3) is 0 Å². The number of sulfonamides is 1. The molecule has 2 rings (SSSR count). The maximum Gasteiger partial charge on any atom is 0.319 e. The van der Waals surface area contributed by atoms with Gasteiger partial charge in [-0.2, -0.15) is 0 Å². The first kappa shape index (κ1) is 20.6. The predicted octanol–water partition coefficient (Wildman–Crippen LogP) is 0.728. The zero-order chi connectivity index (χ0) is 19.3. The van der Waals surface area contributed by atoms with Crippen molar-refractivity contribution in [2.24, 2.45) is 11.1 Å². The normalized spacial score (nSPS) is 17.9. The molecule has 1 aliphatic rings. The summed E-state index contributed by atoms with van der Waals surface area (Å²) in [5, 5.41) is 10.7. The Morgan fingerprint density at radius 3 is 2.23 bits per heavy atom. The van der Waals surface area contributed by atoms with E-state index >= 15 is 0 Å². The molecular formula is C17H29N5O3S. The molecule has 1 aliphatic heterocycles. The summed E-state index contributed by atoms with van der Waals surface area (Å²) in [7, 11) is -1.61. The number of primary sulfonamides is 1. The lowest BCUT2D eigenvalue weighted by atomic mass is 10.0. The number of piperazine rings is 1. The first-order valence-corrected chi connectivity index (χ1v) is 10.3. The van der Waals surface area contributed by atoms with Crippen LogP contribution in [0, 0.1) is 5.92 Å². The van der Waals surface area contributed by atoms with Gasteiger partial charge in [-0.1, -0.05) is 13.8 Å². The van der Waals surface area contributed by atoms with Crippen LogP contribution in [-0.4, -0.2) is 70.1 Å².